The zero-order valence-corrected chi connectivity index (χ0v) is 19.5. The van der Waals surface area contributed by atoms with E-state index in [-0.39, 0.29) is 25.4 Å². The predicted octanol–water partition coefficient (Wildman–Crippen LogP) is 2.35. The molecule has 0 aromatic rings. The number of ether oxygens (including phenoxy) is 3. The van der Waals surface area contributed by atoms with E-state index in [0.29, 0.717) is 19.6 Å². The first-order chi connectivity index (χ1) is 13.8. The third kappa shape index (κ3) is 8.60. The summed E-state index contributed by atoms with van der Waals surface area (Å²) in [6.45, 7) is 11.2. The summed E-state index contributed by atoms with van der Waals surface area (Å²) in [6, 6.07) is 0. The van der Waals surface area contributed by atoms with Gasteiger partial charge in [0.1, 0.15) is 11.2 Å². The van der Waals surface area contributed by atoms with Gasteiger partial charge < -0.3 is 19.1 Å². The summed E-state index contributed by atoms with van der Waals surface area (Å²) < 4.78 is 16.0. The minimum absolute atomic E-state index is 0.0849. The number of morpholine rings is 1. The average Bonchev–Trinajstić information content (AvgIpc) is 2.61. The number of carbonyl (C=O) groups excluding carboxylic acids is 4. The van der Waals surface area contributed by atoms with Crippen molar-refractivity contribution in [3.8, 4) is 0 Å². The van der Waals surface area contributed by atoms with Crippen LogP contribution < -0.4 is 0 Å². The second-order valence-corrected chi connectivity index (χ2v) is 9.63. The van der Waals surface area contributed by atoms with Crippen LogP contribution in [0.5, 0.6) is 0 Å². The van der Waals surface area contributed by atoms with Crippen LogP contribution in [0, 0.1) is 11.8 Å². The van der Waals surface area contributed by atoms with Crippen LogP contribution in [0.3, 0.4) is 0 Å². The van der Waals surface area contributed by atoms with E-state index in [0.717, 1.165) is 0 Å². The van der Waals surface area contributed by atoms with Crippen LogP contribution in [0.4, 0.5) is 0 Å². The first-order valence-corrected chi connectivity index (χ1v) is 10.7. The van der Waals surface area contributed by atoms with E-state index in [9.17, 15) is 19.2 Å². The fourth-order valence-electron chi connectivity index (χ4n) is 2.98. The highest BCUT2D eigenvalue weighted by Gasteiger charge is 2.46. The van der Waals surface area contributed by atoms with Gasteiger partial charge in [0, 0.05) is 19.0 Å². The molecule has 1 aliphatic rings. The Balaban J connectivity index is 3.25. The van der Waals surface area contributed by atoms with Crippen molar-refractivity contribution in [1.29, 1.82) is 0 Å². The summed E-state index contributed by atoms with van der Waals surface area (Å²) in [4.78, 5) is 53.2. The number of rotatable bonds is 8. The van der Waals surface area contributed by atoms with Gasteiger partial charge in [0.15, 0.2) is 5.92 Å². The Kier molecular flexibility index (Phi) is 9.75. The van der Waals surface area contributed by atoms with Crippen LogP contribution in [0.25, 0.3) is 0 Å². The van der Waals surface area contributed by atoms with E-state index in [4.69, 9.17) is 25.8 Å². The highest BCUT2D eigenvalue weighted by molar-refractivity contribution is 6.37. The number of esters is 2. The fourth-order valence-corrected chi connectivity index (χ4v) is 3.14. The van der Waals surface area contributed by atoms with Crippen molar-refractivity contribution in [3.05, 3.63) is 0 Å². The van der Waals surface area contributed by atoms with Crippen molar-refractivity contribution < 1.29 is 33.4 Å². The maximum Gasteiger partial charge on any atom is 0.321 e. The van der Waals surface area contributed by atoms with E-state index < -0.39 is 46.7 Å². The number of hydrogen-bond donors (Lipinski definition) is 0. The lowest BCUT2D eigenvalue weighted by Gasteiger charge is -2.31. The summed E-state index contributed by atoms with van der Waals surface area (Å²) in [5.41, 5.74) is -1.77. The number of halogens is 1. The Bertz CT molecular complexity index is 602. The van der Waals surface area contributed by atoms with Crippen molar-refractivity contribution >= 4 is 35.2 Å². The van der Waals surface area contributed by atoms with Crippen molar-refractivity contribution in [1.82, 2.24) is 4.90 Å². The molecule has 0 saturated carbocycles. The van der Waals surface area contributed by atoms with E-state index in [1.807, 2.05) is 0 Å². The van der Waals surface area contributed by atoms with Crippen molar-refractivity contribution in [2.45, 2.75) is 65.6 Å². The van der Waals surface area contributed by atoms with E-state index in [1.54, 1.807) is 41.5 Å². The highest BCUT2D eigenvalue weighted by Crippen LogP contribution is 2.27. The molecule has 0 spiro atoms. The van der Waals surface area contributed by atoms with Crippen molar-refractivity contribution in [3.63, 3.8) is 0 Å². The van der Waals surface area contributed by atoms with E-state index in [1.165, 1.54) is 4.90 Å². The molecule has 172 valence electrons. The topological polar surface area (TPSA) is 99.2 Å². The van der Waals surface area contributed by atoms with Crippen LogP contribution in [-0.2, 0) is 33.4 Å². The van der Waals surface area contributed by atoms with Gasteiger partial charge in [0.2, 0.25) is 5.78 Å². The van der Waals surface area contributed by atoms with Crippen LogP contribution in [0.1, 0.15) is 54.4 Å². The van der Waals surface area contributed by atoms with Crippen molar-refractivity contribution in [2.75, 3.05) is 32.2 Å². The number of nitrogens with zero attached hydrogens (tertiary/aromatic N) is 1. The zero-order valence-electron chi connectivity index (χ0n) is 18.8. The standard InChI is InChI=1S/C21H34ClNO7/c1-20(2,3)29-18(26)15(19(27)30-21(4,5)6)14(8-7-9-22)16(24)17(25)23-10-12-28-13-11-23/h14-15H,7-13H2,1-6H3/t14-/m1/s1. The molecular weight excluding hydrogens is 414 g/mol. The van der Waals surface area contributed by atoms with Gasteiger partial charge in [-0.1, -0.05) is 0 Å². The van der Waals surface area contributed by atoms with Gasteiger partial charge in [0.05, 0.1) is 19.1 Å². The Morgan fingerprint density at radius 3 is 1.80 bits per heavy atom. The van der Waals surface area contributed by atoms with Crippen LogP contribution in [0.2, 0.25) is 0 Å². The van der Waals surface area contributed by atoms with Crippen LogP contribution in [0.15, 0.2) is 0 Å². The maximum atomic E-state index is 13.1. The lowest BCUT2D eigenvalue weighted by molar-refractivity contribution is -0.179. The van der Waals surface area contributed by atoms with Gasteiger partial charge in [-0.3, -0.25) is 19.2 Å². The molecule has 0 aromatic heterocycles. The summed E-state index contributed by atoms with van der Waals surface area (Å²) in [7, 11) is 0. The molecule has 0 aromatic carbocycles. The molecular formula is C21H34ClNO7. The first-order valence-electron chi connectivity index (χ1n) is 10.2. The zero-order chi connectivity index (χ0) is 23.1. The summed E-state index contributed by atoms with van der Waals surface area (Å²) >= 11 is 5.80. The molecule has 1 saturated heterocycles. The molecule has 0 aliphatic carbocycles. The smallest absolute Gasteiger partial charge is 0.321 e. The van der Waals surface area contributed by atoms with Gasteiger partial charge in [0.25, 0.3) is 5.91 Å². The van der Waals surface area contributed by atoms with Crippen LogP contribution in [-0.4, -0.2) is 71.9 Å². The number of amides is 1. The van der Waals surface area contributed by atoms with E-state index in [2.05, 4.69) is 0 Å². The number of alkyl halides is 1. The number of carbonyl (C=O) groups is 4. The Labute approximate surface area is 183 Å². The summed E-state index contributed by atoms with van der Waals surface area (Å²) in [6.07, 6.45) is 0.429. The predicted molar refractivity (Wildman–Crippen MR) is 111 cm³/mol. The average molecular weight is 448 g/mol. The Morgan fingerprint density at radius 1 is 0.933 bits per heavy atom. The molecule has 0 radical (unpaired) electrons. The Morgan fingerprint density at radius 2 is 1.40 bits per heavy atom. The highest BCUT2D eigenvalue weighted by atomic mass is 35.5. The SMILES string of the molecule is CC(C)(C)OC(=O)C(C(=O)OC(C)(C)C)[C@@H](CCCCl)C(=O)C(=O)N1CCOCC1. The number of hydrogen-bond acceptors (Lipinski definition) is 7. The molecule has 1 atom stereocenters. The second-order valence-electron chi connectivity index (χ2n) is 9.25. The molecule has 1 fully saturated rings. The molecule has 0 bridgehead atoms. The number of ketones is 1. The second kappa shape index (κ2) is 11.1. The minimum Gasteiger partial charge on any atom is -0.459 e. The Hall–Kier alpha value is -1.67. The normalized spacial score (nSPS) is 16.2. The molecule has 9 heteroatoms. The summed E-state index contributed by atoms with van der Waals surface area (Å²) in [5.74, 6) is -5.89. The minimum atomic E-state index is -1.55. The van der Waals surface area contributed by atoms with Gasteiger partial charge in [-0.15, -0.1) is 11.6 Å². The largest absolute Gasteiger partial charge is 0.459 e. The molecule has 8 nitrogen and oxygen atoms in total. The third-order valence-electron chi connectivity index (χ3n) is 4.22. The van der Waals surface area contributed by atoms with E-state index >= 15 is 0 Å². The lowest BCUT2D eigenvalue weighted by Crippen LogP contribution is -2.49. The van der Waals surface area contributed by atoms with Gasteiger partial charge in [-0.25, -0.2) is 0 Å². The van der Waals surface area contributed by atoms with Gasteiger partial charge >= 0.3 is 11.9 Å². The molecule has 1 rings (SSSR count). The van der Waals surface area contributed by atoms with Crippen molar-refractivity contribution in [2.24, 2.45) is 11.8 Å². The van der Waals surface area contributed by atoms with Gasteiger partial charge in [-0.05, 0) is 54.4 Å². The van der Waals surface area contributed by atoms with Gasteiger partial charge in [-0.2, -0.15) is 0 Å². The fraction of sp³-hybridized carbons (Fsp3) is 0.810. The molecule has 1 aliphatic heterocycles. The quantitative estimate of drug-likeness (QED) is 0.243. The molecule has 1 amide bonds. The summed E-state index contributed by atoms with van der Waals surface area (Å²) in [5, 5.41) is 0. The molecule has 0 unspecified atom stereocenters. The maximum absolute atomic E-state index is 13.1. The first kappa shape index (κ1) is 26.4. The number of Topliss-reactive ketones (excluding diaryl/α,β-unsaturated/α-hetero) is 1. The molecule has 1 heterocycles. The monoisotopic (exact) mass is 447 g/mol. The molecule has 0 N–H and O–H groups in total. The molecule has 30 heavy (non-hydrogen) atoms. The lowest BCUT2D eigenvalue weighted by atomic mass is 9.84. The third-order valence-corrected chi connectivity index (χ3v) is 4.49. The van der Waals surface area contributed by atoms with Crippen LogP contribution >= 0.6 is 11.6 Å².